The molecule has 0 aliphatic rings. The van der Waals surface area contributed by atoms with E-state index in [2.05, 4.69) is 23.7 Å². The minimum Gasteiger partial charge on any atom is -0.381 e. The molecular formula is C14H14O2. The largest absolute Gasteiger partial charge is 0.381 e. The third-order valence-electron chi connectivity index (χ3n) is 1.76. The third kappa shape index (κ3) is 4.19. The number of hydrogen-bond donors (Lipinski definition) is 2. The fraction of sp³-hybridized carbons (Fsp3) is 0.286. The van der Waals surface area contributed by atoms with E-state index in [9.17, 15) is 0 Å². The zero-order valence-corrected chi connectivity index (χ0v) is 9.36. The quantitative estimate of drug-likeness (QED) is 0.636. The van der Waals surface area contributed by atoms with E-state index >= 15 is 0 Å². The molecule has 0 spiro atoms. The minimum atomic E-state index is -0.655. The van der Waals surface area contributed by atoms with Crippen LogP contribution >= 0.6 is 0 Å². The molecule has 1 rings (SSSR count). The highest BCUT2D eigenvalue weighted by Crippen LogP contribution is 2.05. The summed E-state index contributed by atoms with van der Waals surface area (Å²) in [6, 6.07) is 7.39. The molecule has 82 valence electrons. The van der Waals surface area contributed by atoms with E-state index in [1.165, 1.54) is 0 Å². The van der Waals surface area contributed by atoms with Gasteiger partial charge in [0, 0.05) is 11.1 Å². The smallest absolute Gasteiger partial charge is 0.112 e. The van der Waals surface area contributed by atoms with Gasteiger partial charge in [0.05, 0.1) is 0 Å². The van der Waals surface area contributed by atoms with Crippen molar-refractivity contribution in [2.24, 2.45) is 0 Å². The van der Waals surface area contributed by atoms with Crippen LogP contribution in [0.3, 0.4) is 0 Å². The van der Waals surface area contributed by atoms with Crippen LogP contribution in [0.1, 0.15) is 25.0 Å². The van der Waals surface area contributed by atoms with Crippen LogP contribution in [-0.2, 0) is 0 Å². The fourth-order valence-corrected chi connectivity index (χ4v) is 1.07. The molecule has 0 fully saturated rings. The molecule has 0 aliphatic carbocycles. The molecule has 2 unspecified atom stereocenters. The van der Waals surface area contributed by atoms with Crippen LogP contribution in [-0.4, -0.2) is 22.4 Å². The Morgan fingerprint density at radius 3 is 1.56 bits per heavy atom. The van der Waals surface area contributed by atoms with Gasteiger partial charge in [-0.05, 0) is 26.0 Å². The lowest BCUT2D eigenvalue weighted by Gasteiger charge is -1.96. The second-order valence-electron chi connectivity index (χ2n) is 3.44. The van der Waals surface area contributed by atoms with Gasteiger partial charge >= 0.3 is 0 Å². The Kier molecular flexibility index (Phi) is 4.61. The molecule has 2 atom stereocenters. The maximum absolute atomic E-state index is 9.07. The molecule has 0 saturated heterocycles. The van der Waals surface area contributed by atoms with Crippen molar-refractivity contribution >= 4 is 0 Å². The number of aliphatic hydroxyl groups excluding tert-OH is 2. The van der Waals surface area contributed by atoms with Gasteiger partial charge < -0.3 is 10.2 Å². The molecule has 0 aromatic heterocycles. The van der Waals surface area contributed by atoms with Crippen molar-refractivity contribution in [2.45, 2.75) is 26.1 Å². The first kappa shape index (κ1) is 12.3. The summed E-state index contributed by atoms with van der Waals surface area (Å²) in [5.74, 6) is 11.0. The Morgan fingerprint density at radius 1 is 0.875 bits per heavy atom. The summed E-state index contributed by atoms with van der Waals surface area (Å²) in [6.07, 6.45) is -1.31. The molecule has 16 heavy (non-hydrogen) atoms. The van der Waals surface area contributed by atoms with Gasteiger partial charge in [-0.1, -0.05) is 35.8 Å². The van der Waals surface area contributed by atoms with E-state index < -0.39 is 12.2 Å². The van der Waals surface area contributed by atoms with Crippen molar-refractivity contribution < 1.29 is 10.2 Å². The SMILES string of the molecule is CC(O)C#Cc1ccccc1C#CC(C)O. The summed E-state index contributed by atoms with van der Waals surface area (Å²) in [6.45, 7) is 3.22. The van der Waals surface area contributed by atoms with Crippen LogP contribution in [0.25, 0.3) is 0 Å². The molecule has 0 bridgehead atoms. The summed E-state index contributed by atoms with van der Waals surface area (Å²) < 4.78 is 0. The predicted molar refractivity (Wildman–Crippen MR) is 63.6 cm³/mol. The van der Waals surface area contributed by atoms with Crippen LogP contribution in [0.2, 0.25) is 0 Å². The van der Waals surface area contributed by atoms with Crippen LogP contribution in [0.4, 0.5) is 0 Å². The topological polar surface area (TPSA) is 40.5 Å². The molecule has 2 heteroatoms. The van der Waals surface area contributed by atoms with Gasteiger partial charge in [0.15, 0.2) is 0 Å². The average Bonchev–Trinajstić information content (AvgIpc) is 2.24. The Bertz CT molecular complexity index is 420. The van der Waals surface area contributed by atoms with E-state index in [-0.39, 0.29) is 0 Å². The van der Waals surface area contributed by atoms with E-state index in [1.807, 2.05) is 24.3 Å². The monoisotopic (exact) mass is 214 g/mol. The van der Waals surface area contributed by atoms with Crippen LogP contribution in [0.5, 0.6) is 0 Å². The lowest BCUT2D eigenvalue weighted by Crippen LogP contribution is -1.95. The number of hydrogen-bond acceptors (Lipinski definition) is 2. The van der Waals surface area contributed by atoms with Gasteiger partial charge in [-0.25, -0.2) is 0 Å². The third-order valence-corrected chi connectivity index (χ3v) is 1.76. The van der Waals surface area contributed by atoms with Gasteiger partial charge in [0.2, 0.25) is 0 Å². The lowest BCUT2D eigenvalue weighted by atomic mass is 10.1. The number of rotatable bonds is 0. The highest BCUT2D eigenvalue weighted by atomic mass is 16.3. The molecule has 0 heterocycles. The summed E-state index contributed by atoms with van der Waals surface area (Å²) in [5, 5.41) is 18.1. The van der Waals surface area contributed by atoms with Gasteiger partial charge in [0.1, 0.15) is 12.2 Å². The normalized spacial score (nSPS) is 12.8. The van der Waals surface area contributed by atoms with Gasteiger partial charge in [0.25, 0.3) is 0 Å². The molecule has 0 aliphatic heterocycles. The minimum absolute atomic E-state index is 0.655. The van der Waals surface area contributed by atoms with Crippen molar-refractivity contribution in [1.29, 1.82) is 0 Å². The van der Waals surface area contributed by atoms with Gasteiger partial charge in [-0.2, -0.15) is 0 Å². The molecule has 2 nitrogen and oxygen atoms in total. The number of aliphatic hydroxyl groups is 2. The first-order chi connectivity index (χ1) is 7.59. The lowest BCUT2D eigenvalue weighted by molar-refractivity contribution is 0.253. The maximum atomic E-state index is 9.07. The van der Waals surface area contributed by atoms with E-state index in [0.29, 0.717) is 0 Å². The fourth-order valence-electron chi connectivity index (χ4n) is 1.07. The second-order valence-corrected chi connectivity index (χ2v) is 3.44. The standard InChI is InChI=1S/C14H14O2/c1-11(15)7-9-13-5-3-4-6-14(13)10-8-12(2)16/h3-6,11-12,15-16H,1-2H3. The highest BCUT2D eigenvalue weighted by molar-refractivity contribution is 5.50. The highest BCUT2D eigenvalue weighted by Gasteiger charge is 1.95. The molecule has 1 aromatic carbocycles. The van der Waals surface area contributed by atoms with Crippen LogP contribution < -0.4 is 0 Å². The molecule has 2 N–H and O–H groups in total. The molecule has 1 aromatic rings. The van der Waals surface area contributed by atoms with E-state index in [1.54, 1.807) is 13.8 Å². The van der Waals surface area contributed by atoms with Crippen molar-refractivity contribution in [2.75, 3.05) is 0 Å². The van der Waals surface area contributed by atoms with Crippen molar-refractivity contribution in [3.8, 4) is 23.7 Å². The molecular weight excluding hydrogens is 200 g/mol. The first-order valence-corrected chi connectivity index (χ1v) is 5.08. The van der Waals surface area contributed by atoms with Crippen molar-refractivity contribution in [3.63, 3.8) is 0 Å². The summed E-state index contributed by atoms with van der Waals surface area (Å²) in [7, 11) is 0. The second kappa shape index (κ2) is 5.98. The Labute approximate surface area is 95.9 Å². The van der Waals surface area contributed by atoms with Crippen LogP contribution in [0.15, 0.2) is 24.3 Å². The van der Waals surface area contributed by atoms with E-state index in [4.69, 9.17) is 10.2 Å². The van der Waals surface area contributed by atoms with Crippen molar-refractivity contribution in [3.05, 3.63) is 35.4 Å². The predicted octanol–water partition coefficient (Wildman–Crippen LogP) is 1.15. The van der Waals surface area contributed by atoms with Crippen molar-refractivity contribution in [1.82, 2.24) is 0 Å². The molecule has 0 amide bonds. The van der Waals surface area contributed by atoms with Gasteiger partial charge in [-0.15, -0.1) is 0 Å². The molecule has 0 saturated carbocycles. The summed E-state index contributed by atoms with van der Waals surface area (Å²) in [4.78, 5) is 0. The first-order valence-electron chi connectivity index (χ1n) is 5.08. The zero-order chi connectivity index (χ0) is 12.0. The average molecular weight is 214 g/mol. The zero-order valence-electron chi connectivity index (χ0n) is 9.36. The molecule has 0 radical (unpaired) electrons. The Hall–Kier alpha value is -1.74. The number of benzene rings is 1. The van der Waals surface area contributed by atoms with Gasteiger partial charge in [-0.3, -0.25) is 0 Å². The summed E-state index contributed by atoms with van der Waals surface area (Å²) in [5.41, 5.74) is 1.52. The summed E-state index contributed by atoms with van der Waals surface area (Å²) >= 11 is 0. The van der Waals surface area contributed by atoms with Crippen LogP contribution in [0, 0.1) is 23.7 Å². The maximum Gasteiger partial charge on any atom is 0.112 e. The van der Waals surface area contributed by atoms with E-state index in [0.717, 1.165) is 11.1 Å². The Balaban J connectivity index is 3.04. The Morgan fingerprint density at radius 2 is 1.25 bits per heavy atom.